The average Bonchev–Trinajstić information content (AvgIpc) is 2.37. The second-order valence-corrected chi connectivity index (χ2v) is 7.53. The first-order chi connectivity index (χ1) is 9.71. The zero-order valence-corrected chi connectivity index (χ0v) is 13.1. The summed E-state index contributed by atoms with van der Waals surface area (Å²) in [5.74, 6) is -0.234. The van der Waals surface area contributed by atoms with Crippen LogP contribution in [0.5, 0.6) is 0 Å². The number of hydrogen-bond donors (Lipinski definition) is 1. The second-order valence-electron chi connectivity index (χ2n) is 5.73. The monoisotopic (exact) mass is 310 g/mol. The maximum absolute atomic E-state index is 11.2. The Morgan fingerprint density at radius 2 is 2.14 bits per heavy atom. The summed E-state index contributed by atoms with van der Waals surface area (Å²) in [6, 6.07) is 2.67. The van der Waals surface area contributed by atoms with Gasteiger partial charge < -0.3 is 10.0 Å². The molecule has 0 aromatic heterocycles. The Bertz CT molecular complexity index is 601. The number of carboxylic acids is 1. The molecule has 1 N–H and O–H groups in total. The molecule has 0 atom stereocenters. The minimum Gasteiger partial charge on any atom is -0.478 e. The van der Waals surface area contributed by atoms with Gasteiger partial charge in [-0.05, 0) is 26.8 Å². The highest BCUT2D eigenvalue weighted by atomic mass is 32.2. The van der Waals surface area contributed by atoms with E-state index in [0.717, 1.165) is 24.9 Å². The van der Waals surface area contributed by atoms with Gasteiger partial charge in [0.1, 0.15) is 0 Å². The molecule has 0 unspecified atom stereocenters. The average molecular weight is 310 g/mol. The molecule has 0 spiro atoms. The SMILES string of the molecule is Cc1c(N2CCSC(C)(C)C2)cc(C(=O)O)cc1[N+](=O)[O-]. The molecule has 0 bridgehead atoms. The standard InChI is InChI=1S/C14H18N2O4S/c1-9-11(15-4-5-21-14(2,3)8-15)6-10(13(17)18)7-12(9)16(19)20/h6-7H,4-5,8H2,1-3H3,(H,17,18). The topological polar surface area (TPSA) is 83.7 Å². The lowest BCUT2D eigenvalue weighted by Crippen LogP contribution is -2.43. The molecular formula is C14H18N2O4S. The van der Waals surface area contributed by atoms with Gasteiger partial charge in [0.05, 0.1) is 16.1 Å². The Hall–Kier alpha value is -1.76. The van der Waals surface area contributed by atoms with Crippen LogP contribution in [0.1, 0.15) is 29.8 Å². The number of anilines is 1. The number of carboxylic acid groups (broad SMARTS) is 1. The lowest BCUT2D eigenvalue weighted by Gasteiger charge is -2.39. The largest absolute Gasteiger partial charge is 0.478 e. The third-order valence-corrected chi connectivity index (χ3v) is 4.86. The number of thioether (sulfide) groups is 1. The molecule has 1 aliphatic rings. The molecule has 0 saturated carbocycles. The van der Waals surface area contributed by atoms with Crippen LogP contribution in [-0.2, 0) is 0 Å². The van der Waals surface area contributed by atoms with Crippen LogP contribution in [0, 0.1) is 17.0 Å². The van der Waals surface area contributed by atoms with Crippen LogP contribution >= 0.6 is 11.8 Å². The number of nitro benzene ring substituents is 1. The summed E-state index contributed by atoms with van der Waals surface area (Å²) in [5, 5.41) is 20.3. The molecule has 21 heavy (non-hydrogen) atoms. The normalized spacial score (nSPS) is 17.6. The number of nitro groups is 1. The summed E-state index contributed by atoms with van der Waals surface area (Å²) in [6.07, 6.45) is 0. The first kappa shape index (κ1) is 15.6. The lowest BCUT2D eigenvalue weighted by molar-refractivity contribution is -0.385. The van der Waals surface area contributed by atoms with Gasteiger partial charge in [-0.1, -0.05) is 0 Å². The highest BCUT2D eigenvalue weighted by molar-refractivity contribution is 8.00. The summed E-state index contributed by atoms with van der Waals surface area (Å²) in [7, 11) is 0. The maximum Gasteiger partial charge on any atom is 0.336 e. The quantitative estimate of drug-likeness (QED) is 0.682. The molecule has 7 heteroatoms. The van der Waals surface area contributed by atoms with E-state index in [2.05, 4.69) is 13.8 Å². The summed E-state index contributed by atoms with van der Waals surface area (Å²) < 4.78 is 0.0404. The molecule has 1 heterocycles. The smallest absolute Gasteiger partial charge is 0.336 e. The van der Waals surface area contributed by atoms with Gasteiger partial charge >= 0.3 is 5.97 Å². The van der Waals surface area contributed by atoms with E-state index in [9.17, 15) is 14.9 Å². The zero-order chi connectivity index (χ0) is 15.8. The molecule has 1 aromatic carbocycles. The Morgan fingerprint density at radius 3 is 2.67 bits per heavy atom. The molecule has 2 rings (SSSR count). The van der Waals surface area contributed by atoms with Gasteiger partial charge in [0.15, 0.2) is 0 Å². The van der Waals surface area contributed by atoms with Crippen molar-refractivity contribution in [1.29, 1.82) is 0 Å². The van der Waals surface area contributed by atoms with E-state index in [-0.39, 0.29) is 16.0 Å². The molecule has 114 valence electrons. The van der Waals surface area contributed by atoms with Crippen molar-refractivity contribution in [2.75, 3.05) is 23.7 Å². The van der Waals surface area contributed by atoms with Crippen LogP contribution in [0.3, 0.4) is 0 Å². The fraction of sp³-hybridized carbons (Fsp3) is 0.500. The van der Waals surface area contributed by atoms with Crippen molar-refractivity contribution in [2.24, 2.45) is 0 Å². The summed E-state index contributed by atoms with van der Waals surface area (Å²) in [5.41, 5.74) is 0.988. The first-order valence-corrected chi connectivity index (χ1v) is 7.61. The Morgan fingerprint density at radius 1 is 1.48 bits per heavy atom. The predicted molar refractivity (Wildman–Crippen MR) is 83.5 cm³/mol. The zero-order valence-electron chi connectivity index (χ0n) is 12.3. The van der Waals surface area contributed by atoms with Crippen molar-refractivity contribution in [3.8, 4) is 0 Å². The van der Waals surface area contributed by atoms with Gasteiger partial charge in [0.2, 0.25) is 0 Å². The Kier molecular flexibility index (Phi) is 4.13. The highest BCUT2D eigenvalue weighted by Crippen LogP contribution is 2.36. The van der Waals surface area contributed by atoms with Crippen molar-refractivity contribution < 1.29 is 14.8 Å². The molecule has 1 aliphatic heterocycles. The van der Waals surface area contributed by atoms with Crippen LogP contribution in [0.25, 0.3) is 0 Å². The van der Waals surface area contributed by atoms with E-state index in [4.69, 9.17) is 5.11 Å². The third-order valence-electron chi connectivity index (χ3n) is 3.56. The molecular weight excluding hydrogens is 292 g/mol. The van der Waals surface area contributed by atoms with E-state index in [0.29, 0.717) is 11.3 Å². The third kappa shape index (κ3) is 3.29. The van der Waals surface area contributed by atoms with Crippen molar-refractivity contribution in [1.82, 2.24) is 0 Å². The van der Waals surface area contributed by atoms with Crippen LogP contribution in [0.2, 0.25) is 0 Å². The molecule has 1 fully saturated rings. The van der Waals surface area contributed by atoms with E-state index >= 15 is 0 Å². The summed E-state index contributed by atoms with van der Waals surface area (Å²) in [4.78, 5) is 23.9. The van der Waals surface area contributed by atoms with Crippen molar-refractivity contribution in [3.63, 3.8) is 0 Å². The molecule has 1 aromatic rings. The van der Waals surface area contributed by atoms with Gasteiger partial charge in [-0.3, -0.25) is 10.1 Å². The van der Waals surface area contributed by atoms with Gasteiger partial charge in [0, 0.05) is 35.3 Å². The second kappa shape index (κ2) is 5.55. The first-order valence-electron chi connectivity index (χ1n) is 6.62. The van der Waals surface area contributed by atoms with Gasteiger partial charge in [0.25, 0.3) is 5.69 Å². The fourth-order valence-corrected chi connectivity index (χ4v) is 3.66. The van der Waals surface area contributed by atoms with Crippen LogP contribution in [0.4, 0.5) is 11.4 Å². The van der Waals surface area contributed by atoms with E-state index in [1.165, 1.54) is 6.07 Å². The van der Waals surface area contributed by atoms with Gasteiger partial charge in [-0.2, -0.15) is 11.8 Å². The Balaban J connectivity index is 2.51. The maximum atomic E-state index is 11.2. The molecule has 0 aliphatic carbocycles. The Labute approximate surface area is 127 Å². The lowest BCUT2D eigenvalue weighted by atomic mass is 10.0. The van der Waals surface area contributed by atoms with E-state index < -0.39 is 10.9 Å². The number of benzene rings is 1. The van der Waals surface area contributed by atoms with Crippen molar-refractivity contribution in [3.05, 3.63) is 33.4 Å². The van der Waals surface area contributed by atoms with Crippen LogP contribution in [0.15, 0.2) is 12.1 Å². The minimum absolute atomic E-state index is 0.0404. The number of aromatic carboxylic acids is 1. The number of hydrogen-bond acceptors (Lipinski definition) is 5. The number of rotatable bonds is 3. The van der Waals surface area contributed by atoms with E-state index in [1.54, 1.807) is 6.92 Å². The van der Waals surface area contributed by atoms with Crippen molar-refractivity contribution in [2.45, 2.75) is 25.5 Å². The predicted octanol–water partition coefficient (Wildman–Crippen LogP) is 2.93. The fourth-order valence-electron chi connectivity index (χ4n) is 2.55. The van der Waals surface area contributed by atoms with Crippen molar-refractivity contribution >= 4 is 29.1 Å². The van der Waals surface area contributed by atoms with E-state index in [1.807, 2.05) is 16.7 Å². The minimum atomic E-state index is -1.15. The molecule has 1 saturated heterocycles. The van der Waals surface area contributed by atoms with Crippen LogP contribution < -0.4 is 4.90 Å². The van der Waals surface area contributed by atoms with Crippen LogP contribution in [-0.4, -0.2) is 39.6 Å². The highest BCUT2D eigenvalue weighted by Gasteiger charge is 2.30. The van der Waals surface area contributed by atoms with Gasteiger partial charge in [-0.15, -0.1) is 0 Å². The number of nitrogens with zero attached hydrogens (tertiary/aromatic N) is 2. The molecule has 0 radical (unpaired) electrons. The number of carbonyl (C=O) groups is 1. The summed E-state index contributed by atoms with van der Waals surface area (Å²) >= 11 is 1.85. The van der Waals surface area contributed by atoms with Gasteiger partial charge in [-0.25, -0.2) is 4.79 Å². The summed E-state index contributed by atoms with van der Waals surface area (Å²) in [6.45, 7) is 7.41. The molecule has 6 nitrogen and oxygen atoms in total. The molecule has 0 amide bonds.